The van der Waals surface area contributed by atoms with Gasteiger partial charge in [-0.15, -0.1) is 6.42 Å². The molecule has 0 aromatic heterocycles. The molecule has 2 unspecified atom stereocenters. The van der Waals surface area contributed by atoms with Gasteiger partial charge in [0.1, 0.15) is 5.60 Å². The summed E-state index contributed by atoms with van der Waals surface area (Å²) in [5.74, 6) is 4.00. The van der Waals surface area contributed by atoms with Gasteiger partial charge in [-0.25, -0.2) is 0 Å². The minimum absolute atomic E-state index is 0.0645. The fourth-order valence-electron chi connectivity index (χ4n) is 6.11. The zero-order valence-corrected chi connectivity index (χ0v) is 14.2. The van der Waals surface area contributed by atoms with Crippen LogP contribution < -0.4 is 0 Å². The second kappa shape index (κ2) is 4.61. The molecule has 0 amide bonds. The van der Waals surface area contributed by atoms with E-state index >= 15 is 0 Å². The maximum atomic E-state index is 11.8. The molecule has 0 aromatic carbocycles. The fraction of sp³-hybridized carbons (Fsp3) is 0.667. The average molecular weight is 310 g/mol. The summed E-state index contributed by atoms with van der Waals surface area (Å²) in [4.78, 5) is 11.8. The number of fused-ring (bicyclic) bond motifs is 5. The van der Waals surface area contributed by atoms with E-state index in [4.69, 9.17) is 6.42 Å². The minimum atomic E-state index is -0.959. The monoisotopic (exact) mass is 310 g/mol. The van der Waals surface area contributed by atoms with Crippen LogP contribution in [0.15, 0.2) is 23.3 Å². The van der Waals surface area contributed by atoms with Crippen LogP contribution >= 0.6 is 0 Å². The Morgan fingerprint density at radius 1 is 1.26 bits per heavy atom. The summed E-state index contributed by atoms with van der Waals surface area (Å²) in [7, 11) is 0. The molecule has 0 heterocycles. The normalized spacial score (nSPS) is 48.5. The molecule has 0 saturated heterocycles. The second-order valence-electron chi connectivity index (χ2n) is 8.54. The van der Waals surface area contributed by atoms with Gasteiger partial charge in [-0.2, -0.15) is 0 Å². The summed E-state index contributed by atoms with van der Waals surface area (Å²) in [6.07, 6.45) is 16.3. The van der Waals surface area contributed by atoms with Crippen LogP contribution in [0.2, 0.25) is 0 Å². The molecular formula is C21H26O2. The third kappa shape index (κ3) is 1.78. The Morgan fingerprint density at radius 3 is 2.78 bits per heavy atom. The van der Waals surface area contributed by atoms with Crippen LogP contribution in [-0.2, 0) is 4.79 Å². The van der Waals surface area contributed by atoms with Crippen molar-refractivity contribution in [1.82, 2.24) is 0 Å². The van der Waals surface area contributed by atoms with Crippen LogP contribution in [-0.4, -0.2) is 16.5 Å². The summed E-state index contributed by atoms with van der Waals surface area (Å²) in [5.41, 5.74) is 1.78. The van der Waals surface area contributed by atoms with Crippen molar-refractivity contribution in [3.8, 4) is 12.3 Å². The number of carbonyl (C=O) groups excluding carboxylic acids is 1. The number of aliphatic hydroxyl groups is 1. The molecule has 4 aliphatic carbocycles. The van der Waals surface area contributed by atoms with Crippen molar-refractivity contribution in [1.29, 1.82) is 0 Å². The van der Waals surface area contributed by atoms with Crippen molar-refractivity contribution in [3.63, 3.8) is 0 Å². The SMILES string of the molecule is C#C[C@]1(O)CCC2C3CCC4=CC(=O)CC[C@]4(C)C3=CC[C@@]21C. The van der Waals surface area contributed by atoms with Crippen LogP contribution in [0.1, 0.15) is 58.8 Å². The second-order valence-corrected chi connectivity index (χ2v) is 8.54. The summed E-state index contributed by atoms with van der Waals surface area (Å²) in [6.45, 7) is 4.52. The van der Waals surface area contributed by atoms with Gasteiger partial charge >= 0.3 is 0 Å². The molecule has 2 heteroatoms. The number of rotatable bonds is 0. The zero-order chi connectivity index (χ0) is 16.5. The predicted molar refractivity (Wildman–Crippen MR) is 90.5 cm³/mol. The molecule has 0 aliphatic heterocycles. The number of allylic oxidation sites excluding steroid dienone is 4. The Kier molecular flexibility index (Phi) is 3.05. The smallest absolute Gasteiger partial charge is 0.155 e. The van der Waals surface area contributed by atoms with Crippen molar-refractivity contribution in [2.45, 2.75) is 64.4 Å². The van der Waals surface area contributed by atoms with E-state index in [9.17, 15) is 9.90 Å². The summed E-state index contributed by atoms with van der Waals surface area (Å²) >= 11 is 0. The van der Waals surface area contributed by atoms with Gasteiger partial charge < -0.3 is 5.11 Å². The molecule has 2 fully saturated rings. The summed E-state index contributed by atoms with van der Waals surface area (Å²) < 4.78 is 0. The number of hydrogen-bond acceptors (Lipinski definition) is 2. The summed E-state index contributed by atoms with van der Waals surface area (Å²) in [5, 5.41) is 11.0. The van der Waals surface area contributed by atoms with Gasteiger partial charge in [-0.05, 0) is 56.4 Å². The molecule has 0 spiro atoms. The standard InChI is InChI=1S/C21H26O2/c1-4-21(23)12-9-18-16-6-5-14-13-15(22)7-10-19(14,2)17(16)8-11-20(18,21)3/h1,8,13,16,18,23H,5-7,9-12H2,2-3H3/t16?,18?,19-,20-,21-/m0/s1. The van der Waals surface area contributed by atoms with Crippen molar-refractivity contribution >= 4 is 5.78 Å². The Labute approximate surface area is 139 Å². The first-order valence-corrected chi connectivity index (χ1v) is 8.99. The number of ketones is 1. The molecule has 5 atom stereocenters. The number of hydrogen-bond donors (Lipinski definition) is 1. The highest BCUT2D eigenvalue weighted by Crippen LogP contribution is 2.65. The van der Waals surface area contributed by atoms with Crippen LogP contribution in [0, 0.1) is 35.0 Å². The van der Waals surface area contributed by atoms with Crippen molar-refractivity contribution in [2.75, 3.05) is 0 Å². The molecule has 122 valence electrons. The van der Waals surface area contributed by atoms with Gasteiger partial charge in [0, 0.05) is 17.3 Å². The molecule has 0 aromatic rings. The van der Waals surface area contributed by atoms with Gasteiger partial charge in [0.15, 0.2) is 5.78 Å². The van der Waals surface area contributed by atoms with E-state index in [-0.39, 0.29) is 10.8 Å². The van der Waals surface area contributed by atoms with Crippen LogP contribution in [0.4, 0.5) is 0 Å². The van der Waals surface area contributed by atoms with Gasteiger partial charge in [-0.3, -0.25) is 4.79 Å². The molecule has 23 heavy (non-hydrogen) atoms. The number of carbonyl (C=O) groups is 1. The number of terminal acetylenes is 1. The summed E-state index contributed by atoms with van der Waals surface area (Å²) in [6, 6.07) is 0. The first-order valence-electron chi connectivity index (χ1n) is 8.99. The lowest BCUT2D eigenvalue weighted by atomic mass is 9.51. The van der Waals surface area contributed by atoms with E-state index in [0.29, 0.717) is 24.0 Å². The maximum absolute atomic E-state index is 11.8. The van der Waals surface area contributed by atoms with Gasteiger partial charge in [0.05, 0.1) is 0 Å². The van der Waals surface area contributed by atoms with Crippen molar-refractivity contribution < 1.29 is 9.90 Å². The first kappa shape index (κ1) is 15.2. The topological polar surface area (TPSA) is 37.3 Å². The van der Waals surface area contributed by atoms with E-state index in [1.807, 2.05) is 6.08 Å². The van der Waals surface area contributed by atoms with E-state index in [1.165, 1.54) is 11.1 Å². The lowest BCUT2D eigenvalue weighted by Crippen LogP contribution is -2.50. The van der Waals surface area contributed by atoms with Crippen LogP contribution in [0.3, 0.4) is 0 Å². The van der Waals surface area contributed by atoms with Gasteiger partial charge in [0.25, 0.3) is 0 Å². The molecular weight excluding hydrogens is 284 g/mol. The lowest BCUT2D eigenvalue weighted by Gasteiger charge is -2.54. The molecule has 0 radical (unpaired) electrons. The molecule has 4 rings (SSSR count). The largest absolute Gasteiger partial charge is 0.377 e. The average Bonchev–Trinajstić information content (AvgIpc) is 2.80. The lowest BCUT2D eigenvalue weighted by molar-refractivity contribution is -0.115. The highest BCUT2D eigenvalue weighted by atomic mass is 16.3. The fourth-order valence-corrected chi connectivity index (χ4v) is 6.11. The van der Waals surface area contributed by atoms with Crippen LogP contribution in [0.5, 0.6) is 0 Å². The third-order valence-electron chi connectivity index (χ3n) is 7.73. The van der Waals surface area contributed by atoms with Gasteiger partial charge in [0.2, 0.25) is 0 Å². The minimum Gasteiger partial charge on any atom is -0.377 e. The van der Waals surface area contributed by atoms with Crippen LogP contribution in [0.25, 0.3) is 0 Å². The van der Waals surface area contributed by atoms with E-state index in [2.05, 4.69) is 25.8 Å². The first-order chi connectivity index (χ1) is 10.8. The molecule has 1 N–H and O–H groups in total. The molecule has 4 aliphatic rings. The maximum Gasteiger partial charge on any atom is 0.155 e. The highest BCUT2D eigenvalue weighted by Gasteiger charge is 2.61. The Balaban J connectivity index is 1.78. The Hall–Kier alpha value is -1.33. The van der Waals surface area contributed by atoms with Crippen molar-refractivity contribution in [2.24, 2.45) is 22.7 Å². The third-order valence-corrected chi connectivity index (χ3v) is 7.73. The predicted octanol–water partition coefficient (Wildman–Crippen LogP) is 3.80. The molecule has 2 saturated carbocycles. The van der Waals surface area contributed by atoms with E-state index in [1.54, 1.807) is 0 Å². The highest BCUT2D eigenvalue weighted by molar-refractivity contribution is 5.92. The van der Waals surface area contributed by atoms with Gasteiger partial charge in [-0.1, -0.05) is 37.0 Å². The van der Waals surface area contributed by atoms with E-state index in [0.717, 1.165) is 38.5 Å². The van der Waals surface area contributed by atoms with Crippen molar-refractivity contribution in [3.05, 3.63) is 23.3 Å². The zero-order valence-electron chi connectivity index (χ0n) is 14.2. The van der Waals surface area contributed by atoms with E-state index < -0.39 is 5.60 Å². The molecule has 2 nitrogen and oxygen atoms in total. The Morgan fingerprint density at radius 2 is 2.04 bits per heavy atom. The molecule has 0 bridgehead atoms. The quantitative estimate of drug-likeness (QED) is 0.546. The Bertz CT molecular complexity index is 678.